The number of nitrogens with zero attached hydrogens (tertiary/aromatic N) is 3. The van der Waals surface area contributed by atoms with Crippen LogP contribution in [0.25, 0.3) is 0 Å². The molecule has 0 aliphatic heterocycles. The molecule has 2 aromatic heterocycles. The van der Waals surface area contributed by atoms with Crippen molar-refractivity contribution in [3.8, 4) is 5.88 Å². The molecule has 17 heavy (non-hydrogen) atoms. The minimum atomic E-state index is 0.643. The minimum absolute atomic E-state index is 0.643. The summed E-state index contributed by atoms with van der Waals surface area (Å²) in [5.74, 6) is 0.643. The Morgan fingerprint density at radius 2 is 2.24 bits per heavy atom. The lowest BCUT2D eigenvalue weighted by Gasteiger charge is -2.06. The molecule has 0 aliphatic rings. The van der Waals surface area contributed by atoms with Crippen LogP contribution >= 0.6 is 0 Å². The van der Waals surface area contributed by atoms with Crippen molar-refractivity contribution in [2.24, 2.45) is 7.05 Å². The van der Waals surface area contributed by atoms with Gasteiger partial charge in [-0.25, -0.2) is 9.97 Å². The standard InChI is InChI=1S/C12H16N4O/c1-16-9-14-8-11(16)7-13-6-10-4-3-5-12(15-10)17-2/h3-5,8-9,13H,6-7H2,1-2H3. The molecule has 0 atom stereocenters. The molecule has 2 heterocycles. The fraction of sp³-hybridized carbons (Fsp3) is 0.333. The topological polar surface area (TPSA) is 52.0 Å². The Hall–Kier alpha value is -1.88. The van der Waals surface area contributed by atoms with Crippen LogP contribution in [0.4, 0.5) is 0 Å². The second-order valence-electron chi connectivity index (χ2n) is 3.77. The molecule has 0 saturated carbocycles. The van der Waals surface area contributed by atoms with Crippen LogP contribution in [0.2, 0.25) is 0 Å². The molecule has 90 valence electrons. The monoisotopic (exact) mass is 232 g/mol. The predicted molar refractivity (Wildman–Crippen MR) is 64.5 cm³/mol. The number of hydrogen-bond acceptors (Lipinski definition) is 4. The SMILES string of the molecule is COc1cccc(CNCc2cncn2C)n1. The van der Waals surface area contributed by atoms with E-state index in [9.17, 15) is 0 Å². The minimum Gasteiger partial charge on any atom is -0.481 e. The summed E-state index contributed by atoms with van der Waals surface area (Å²) in [7, 11) is 3.60. The fourth-order valence-electron chi connectivity index (χ4n) is 1.54. The Morgan fingerprint density at radius 3 is 2.94 bits per heavy atom. The number of rotatable bonds is 5. The fourth-order valence-corrected chi connectivity index (χ4v) is 1.54. The smallest absolute Gasteiger partial charge is 0.213 e. The molecular formula is C12H16N4O. The first-order valence-corrected chi connectivity index (χ1v) is 5.45. The molecule has 5 nitrogen and oxygen atoms in total. The largest absolute Gasteiger partial charge is 0.481 e. The second kappa shape index (κ2) is 5.45. The van der Waals surface area contributed by atoms with Gasteiger partial charge in [-0.05, 0) is 6.07 Å². The Morgan fingerprint density at radius 1 is 1.35 bits per heavy atom. The Labute approximate surface area is 100 Å². The third-order valence-corrected chi connectivity index (χ3v) is 2.52. The third-order valence-electron chi connectivity index (χ3n) is 2.52. The lowest BCUT2D eigenvalue weighted by Crippen LogP contribution is -2.15. The molecule has 1 N–H and O–H groups in total. The van der Waals surface area contributed by atoms with Gasteiger partial charge < -0.3 is 14.6 Å². The van der Waals surface area contributed by atoms with Gasteiger partial charge in [0, 0.05) is 32.4 Å². The molecule has 2 aromatic rings. The average molecular weight is 232 g/mol. The number of pyridine rings is 1. The number of methoxy groups -OCH3 is 1. The van der Waals surface area contributed by atoms with Gasteiger partial charge in [-0.3, -0.25) is 0 Å². The number of ether oxygens (including phenoxy) is 1. The van der Waals surface area contributed by atoms with E-state index >= 15 is 0 Å². The van der Waals surface area contributed by atoms with Gasteiger partial charge in [0.2, 0.25) is 5.88 Å². The van der Waals surface area contributed by atoms with E-state index in [0.29, 0.717) is 12.4 Å². The summed E-state index contributed by atoms with van der Waals surface area (Å²) in [5.41, 5.74) is 2.11. The zero-order valence-corrected chi connectivity index (χ0v) is 10.1. The van der Waals surface area contributed by atoms with Gasteiger partial charge >= 0.3 is 0 Å². The molecule has 0 aromatic carbocycles. The van der Waals surface area contributed by atoms with E-state index in [0.717, 1.165) is 17.9 Å². The van der Waals surface area contributed by atoms with Crippen LogP contribution in [0, 0.1) is 0 Å². The van der Waals surface area contributed by atoms with Crippen molar-refractivity contribution in [3.05, 3.63) is 42.1 Å². The van der Waals surface area contributed by atoms with Crippen molar-refractivity contribution < 1.29 is 4.74 Å². The van der Waals surface area contributed by atoms with Crippen molar-refractivity contribution in [2.45, 2.75) is 13.1 Å². The zero-order valence-electron chi connectivity index (χ0n) is 10.1. The van der Waals surface area contributed by atoms with Crippen molar-refractivity contribution in [2.75, 3.05) is 7.11 Å². The number of aryl methyl sites for hydroxylation is 1. The van der Waals surface area contributed by atoms with E-state index < -0.39 is 0 Å². The van der Waals surface area contributed by atoms with Gasteiger partial charge in [0.05, 0.1) is 24.8 Å². The molecule has 0 radical (unpaired) electrons. The van der Waals surface area contributed by atoms with Crippen LogP contribution in [0.15, 0.2) is 30.7 Å². The van der Waals surface area contributed by atoms with Gasteiger partial charge in [0.25, 0.3) is 0 Å². The van der Waals surface area contributed by atoms with Gasteiger partial charge in [-0.1, -0.05) is 6.07 Å². The quantitative estimate of drug-likeness (QED) is 0.839. The number of hydrogen-bond donors (Lipinski definition) is 1. The van der Waals surface area contributed by atoms with Crippen molar-refractivity contribution >= 4 is 0 Å². The van der Waals surface area contributed by atoms with Gasteiger partial charge in [-0.2, -0.15) is 0 Å². The highest BCUT2D eigenvalue weighted by Gasteiger charge is 2.00. The van der Waals surface area contributed by atoms with Gasteiger partial charge in [-0.15, -0.1) is 0 Å². The van der Waals surface area contributed by atoms with Crippen LogP contribution < -0.4 is 10.1 Å². The Kier molecular flexibility index (Phi) is 3.72. The summed E-state index contributed by atoms with van der Waals surface area (Å²) >= 11 is 0. The maximum atomic E-state index is 5.07. The highest BCUT2D eigenvalue weighted by atomic mass is 16.5. The number of imidazole rings is 1. The number of aromatic nitrogens is 3. The Bertz CT molecular complexity index is 481. The normalized spacial score (nSPS) is 10.5. The summed E-state index contributed by atoms with van der Waals surface area (Å²) in [6.45, 7) is 1.48. The van der Waals surface area contributed by atoms with Gasteiger partial charge in [0.15, 0.2) is 0 Å². The Balaban J connectivity index is 1.87. The molecule has 0 unspecified atom stereocenters. The molecule has 2 rings (SSSR count). The molecule has 0 fully saturated rings. The van der Waals surface area contributed by atoms with Crippen molar-refractivity contribution in [1.29, 1.82) is 0 Å². The highest BCUT2D eigenvalue weighted by molar-refractivity contribution is 5.15. The van der Waals surface area contributed by atoms with E-state index in [1.165, 1.54) is 0 Å². The maximum Gasteiger partial charge on any atom is 0.213 e. The van der Waals surface area contributed by atoms with Crippen LogP contribution in [0.1, 0.15) is 11.4 Å². The first-order valence-electron chi connectivity index (χ1n) is 5.45. The van der Waals surface area contributed by atoms with Crippen molar-refractivity contribution in [3.63, 3.8) is 0 Å². The first kappa shape index (κ1) is 11.6. The van der Waals surface area contributed by atoms with Crippen LogP contribution in [-0.4, -0.2) is 21.6 Å². The van der Waals surface area contributed by atoms with E-state index in [1.807, 2.05) is 36.0 Å². The molecule has 5 heteroatoms. The molecule has 0 aliphatic carbocycles. The highest BCUT2D eigenvalue weighted by Crippen LogP contribution is 2.06. The lowest BCUT2D eigenvalue weighted by atomic mass is 10.3. The van der Waals surface area contributed by atoms with E-state index in [1.54, 1.807) is 13.4 Å². The van der Waals surface area contributed by atoms with E-state index in [4.69, 9.17) is 4.74 Å². The summed E-state index contributed by atoms with van der Waals surface area (Å²) in [4.78, 5) is 8.39. The molecule has 0 bridgehead atoms. The second-order valence-corrected chi connectivity index (χ2v) is 3.77. The maximum absolute atomic E-state index is 5.07. The summed E-state index contributed by atoms with van der Waals surface area (Å²) in [6.07, 6.45) is 3.65. The van der Waals surface area contributed by atoms with Crippen LogP contribution in [0.5, 0.6) is 5.88 Å². The summed E-state index contributed by atoms with van der Waals surface area (Å²) in [6, 6.07) is 5.75. The first-order chi connectivity index (χ1) is 8.29. The lowest BCUT2D eigenvalue weighted by molar-refractivity contribution is 0.395. The molecular weight excluding hydrogens is 216 g/mol. The van der Waals surface area contributed by atoms with E-state index in [-0.39, 0.29) is 0 Å². The van der Waals surface area contributed by atoms with Crippen LogP contribution in [-0.2, 0) is 20.1 Å². The third kappa shape index (κ3) is 3.04. The molecule has 0 saturated heterocycles. The van der Waals surface area contributed by atoms with Crippen molar-refractivity contribution in [1.82, 2.24) is 19.9 Å². The summed E-state index contributed by atoms with van der Waals surface area (Å²) in [5, 5.41) is 3.32. The molecule has 0 amide bonds. The summed E-state index contributed by atoms with van der Waals surface area (Å²) < 4.78 is 7.07. The zero-order chi connectivity index (χ0) is 12.1. The van der Waals surface area contributed by atoms with Gasteiger partial charge in [0.1, 0.15) is 0 Å². The predicted octanol–water partition coefficient (Wildman–Crippen LogP) is 1.11. The number of nitrogens with one attached hydrogen (secondary N) is 1. The molecule has 0 spiro atoms. The average Bonchev–Trinajstić information content (AvgIpc) is 2.76. The van der Waals surface area contributed by atoms with E-state index in [2.05, 4.69) is 15.3 Å². The van der Waals surface area contributed by atoms with Crippen LogP contribution in [0.3, 0.4) is 0 Å².